The number of piperidine rings is 1. The van der Waals surface area contributed by atoms with Crippen LogP contribution in [0, 0.1) is 0 Å². The van der Waals surface area contributed by atoms with E-state index in [1.165, 1.54) is 7.11 Å². The number of benzene rings is 1. The van der Waals surface area contributed by atoms with Crippen molar-refractivity contribution >= 4 is 30.0 Å². The van der Waals surface area contributed by atoms with Crippen LogP contribution in [0.3, 0.4) is 0 Å². The molecule has 1 unspecified atom stereocenters. The monoisotopic (exact) mass is 358 g/mol. The van der Waals surface area contributed by atoms with Gasteiger partial charge in [-0.2, -0.15) is 0 Å². The smallest absolute Gasteiger partial charge is 0.320 e. The Balaban J connectivity index is 0.00000288. The number of aliphatic carboxylic acids is 1. The van der Waals surface area contributed by atoms with Crippen LogP contribution >= 0.6 is 12.4 Å². The fourth-order valence-corrected chi connectivity index (χ4v) is 2.76. The first-order chi connectivity index (χ1) is 11.0. The van der Waals surface area contributed by atoms with Crippen molar-refractivity contribution in [3.63, 3.8) is 0 Å². The molecule has 1 aliphatic heterocycles. The van der Waals surface area contributed by atoms with Gasteiger partial charge in [-0.3, -0.25) is 14.5 Å². The Bertz CT molecular complexity index is 582. The van der Waals surface area contributed by atoms with Crippen LogP contribution in [0.15, 0.2) is 18.2 Å². The van der Waals surface area contributed by atoms with Gasteiger partial charge in [0.05, 0.1) is 20.8 Å². The van der Waals surface area contributed by atoms with Crippen molar-refractivity contribution in [1.29, 1.82) is 0 Å². The molecule has 1 saturated heterocycles. The molecule has 1 atom stereocenters. The van der Waals surface area contributed by atoms with Gasteiger partial charge in [0, 0.05) is 11.8 Å². The number of nitrogens with zero attached hydrogens (tertiary/aromatic N) is 1. The predicted octanol–water partition coefficient (Wildman–Crippen LogP) is 2.00. The summed E-state index contributed by atoms with van der Waals surface area (Å²) in [4.78, 5) is 25.2. The molecule has 7 nitrogen and oxygen atoms in total. The second-order valence-corrected chi connectivity index (χ2v) is 5.44. The quantitative estimate of drug-likeness (QED) is 0.808. The summed E-state index contributed by atoms with van der Waals surface area (Å²) in [5.74, 6) is -0.0202. The molecule has 1 aromatic rings. The number of ether oxygens (including phenoxy) is 2. The topological polar surface area (TPSA) is 88.1 Å². The summed E-state index contributed by atoms with van der Waals surface area (Å²) in [5, 5.41) is 12.0. The maximum atomic E-state index is 12.2. The zero-order valence-electron chi connectivity index (χ0n) is 13.8. The largest absolute Gasteiger partial charge is 0.493 e. The number of carbonyl (C=O) groups is 2. The van der Waals surface area contributed by atoms with Crippen LogP contribution in [0.1, 0.15) is 19.3 Å². The van der Waals surface area contributed by atoms with Crippen molar-refractivity contribution in [3.05, 3.63) is 18.2 Å². The molecule has 0 aliphatic carbocycles. The van der Waals surface area contributed by atoms with Crippen molar-refractivity contribution in [3.8, 4) is 11.5 Å². The average molecular weight is 359 g/mol. The molecule has 0 aromatic heterocycles. The summed E-state index contributed by atoms with van der Waals surface area (Å²) in [7, 11) is 3.06. The Kier molecular flexibility index (Phi) is 7.81. The van der Waals surface area contributed by atoms with Crippen molar-refractivity contribution in [2.24, 2.45) is 0 Å². The summed E-state index contributed by atoms with van der Waals surface area (Å²) < 4.78 is 10.3. The van der Waals surface area contributed by atoms with Crippen molar-refractivity contribution in [2.45, 2.75) is 25.3 Å². The second-order valence-electron chi connectivity index (χ2n) is 5.44. The molecular weight excluding hydrogens is 336 g/mol. The molecule has 0 spiro atoms. The van der Waals surface area contributed by atoms with Gasteiger partial charge < -0.3 is 19.9 Å². The number of halogens is 1. The van der Waals surface area contributed by atoms with Crippen LogP contribution in [0.5, 0.6) is 11.5 Å². The third-order valence-electron chi connectivity index (χ3n) is 3.91. The molecular formula is C16H23ClN2O5. The predicted molar refractivity (Wildman–Crippen MR) is 92.3 cm³/mol. The van der Waals surface area contributed by atoms with Gasteiger partial charge in [0.1, 0.15) is 6.04 Å². The summed E-state index contributed by atoms with van der Waals surface area (Å²) in [5.41, 5.74) is 0.580. The van der Waals surface area contributed by atoms with E-state index in [9.17, 15) is 14.7 Å². The van der Waals surface area contributed by atoms with Gasteiger partial charge in [-0.15, -0.1) is 12.4 Å². The maximum absolute atomic E-state index is 12.2. The highest BCUT2D eigenvalue weighted by molar-refractivity contribution is 5.93. The lowest BCUT2D eigenvalue weighted by Gasteiger charge is -2.32. The highest BCUT2D eigenvalue weighted by Crippen LogP contribution is 2.29. The van der Waals surface area contributed by atoms with Gasteiger partial charge in [0.25, 0.3) is 0 Å². The van der Waals surface area contributed by atoms with Crippen LogP contribution in [0.4, 0.5) is 5.69 Å². The van der Waals surface area contributed by atoms with E-state index in [0.29, 0.717) is 30.2 Å². The molecule has 2 N–H and O–H groups in total. The van der Waals surface area contributed by atoms with E-state index in [-0.39, 0.29) is 24.9 Å². The number of anilines is 1. The molecule has 0 saturated carbocycles. The van der Waals surface area contributed by atoms with Crippen LogP contribution < -0.4 is 14.8 Å². The summed E-state index contributed by atoms with van der Waals surface area (Å²) in [6.07, 6.45) is 2.37. The summed E-state index contributed by atoms with van der Waals surface area (Å²) in [6, 6.07) is 4.50. The average Bonchev–Trinajstić information content (AvgIpc) is 2.54. The van der Waals surface area contributed by atoms with E-state index in [1.54, 1.807) is 30.2 Å². The van der Waals surface area contributed by atoms with Crippen LogP contribution in [-0.4, -0.2) is 55.2 Å². The lowest BCUT2D eigenvalue weighted by molar-refractivity contribution is -0.145. The molecule has 8 heteroatoms. The first-order valence-corrected chi connectivity index (χ1v) is 7.54. The zero-order valence-corrected chi connectivity index (χ0v) is 14.6. The Hall–Kier alpha value is -1.99. The van der Waals surface area contributed by atoms with E-state index < -0.39 is 12.0 Å². The number of hydrogen-bond acceptors (Lipinski definition) is 5. The summed E-state index contributed by atoms with van der Waals surface area (Å²) in [6.45, 7) is 0.682. The molecule has 1 heterocycles. The third-order valence-corrected chi connectivity index (χ3v) is 3.91. The third kappa shape index (κ3) is 5.01. The minimum atomic E-state index is -0.872. The highest BCUT2D eigenvalue weighted by atomic mass is 35.5. The number of hydrogen-bond donors (Lipinski definition) is 2. The molecule has 0 bridgehead atoms. The molecule has 2 rings (SSSR count). The van der Waals surface area contributed by atoms with Crippen LogP contribution in [-0.2, 0) is 9.59 Å². The normalized spacial score (nSPS) is 17.5. The maximum Gasteiger partial charge on any atom is 0.320 e. The number of rotatable bonds is 6. The summed E-state index contributed by atoms with van der Waals surface area (Å²) >= 11 is 0. The van der Waals surface area contributed by atoms with E-state index >= 15 is 0 Å². The van der Waals surface area contributed by atoms with Gasteiger partial charge in [0.15, 0.2) is 11.5 Å². The molecule has 134 valence electrons. The number of carboxylic acids is 1. The van der Waals surface area contributed by atoms with Gasteiger partial charge in [0.2, 0.25) is 5.91 Å². The minimum absolute atomic E-state index is 0. The molecule has 0 radical (unpaired) electrons. The SMILES string of the molecule is COc1ccc(NC(=O)CN2CCCCC2C(=O)O)cc1OC.Cl. The zero-order chi connectivity index (χ0) is 16.8. The van der Waals surface area contributed by atoms with Crippen molar-refractivity contribution in [2.75, 3.05) is 32.6 Å². The number of carboxylic acid groups (broad SMARTS) is 1. The van der Waals surface area contributed by atoms with Crippen molar-refractivity contribution < 1.29 is 24.2 Å². The lowest BCUT2D eigenvalue weighted by atomic mass is 10.0. The fourth-order valence-electron chi connectivity index (χ4n) is 2.76. The number of amides is 1. The van der Waals surface area contributed by atoms with E-state index in [0.717, 1.165) is 12.8 Å². The van der Waals surface area contributed by atoms with Crippen molar-refractivity contribution in [1.82, 2.24) is 4.90 Å². The number of nitrogens with one attached hydrogen (secondary N) is 1. The Morgan fingerprint density at radius 2 is 1.96 bits per heavy atom. The molecule has 1 aromatic carbocycles. The van der Waals surface area contributed by atoms with E-state index in [2.05, 4.69) is 5.32 Å². The van der Waals surface area contributed by atoms with E-state index in [1.807, 2.05) is 0 Å². The Morgan fingerprint density at radius 3 is 2.58 bits per heavy atom. The Morgan fingerprint density at radius 1 is 1.25 bits per heavy atom. The minimum Gasteiger partial charge on any atom is -0.493 e. The second kappa shape index (κ2) is 9.34. The number of carbonyl (C=O) groups excluding carboxylic acids is 1. The van der Waals surface area contributed by atoms with Crippen LogP contribution in [0.2, 0.25) is 0 Å². The van der Waals surface area contributed by atoms with Gasteiger partial charge >= 0.3 is 5.97 Å². The highest BCUT2D eigenvalue weighted by Gasteiger charge is 2.29. The first-order valence-electron chi connectivity index (χ1n) is 7.54. The Labute approximate surface area is 147 Å². The molecule has 24 heavy (non-hydrogen) atoms. The molecule has 1 fully saturated rings. The van der Waals surface area contributed by atoms with Gasteiger partial charge in [-0.05, 0) is 31.5 Å². The van der Waals surface area contributed by atoms with E-state index in [4.69, 9.17) is 9.47 Å². The lowest BCUT2D eigenvalue weighted by Crippen LogP contribution is -2.47. The number of methoxy groups -OCH3 is 2. The first kappa shape index (κ1) is 20.1. The fraction of sp³-hybridized carbons (Fsp3) is 0.500. The number of likely N-dealkylation sites (tertiary alicyclic amines) is 1. The van der Waals surface area contributed by atoms with Gasteiger partial charge in [-0.1, -0.05) is 6.42 Å². The van der Waals surface area contributed by atoms with Crippen LogP contribution in [0.25, 0.3) is 0 Å². The molecule has 1 amide bonds. The molecule has 1 aliphatic rings. The standard InChI is InChI=1S/C16H22N2O5.ClH/c1-22-13-7-6-11(9-14(13)23-2)17-15(19)10-18-8-4-3-5-12(18)16(20)21;/h6-7,9,12H,3-5,8,10H2,1-2H3,(H,17,19)(H,20,21);1H. The van der Waals surface area contributed by atoms with Gasteiger partial charge in [-0.25, -0.2) is 0 Å².